The molecule has 0 N–H and O–H groups in total. The Hall–Kier alpha value is -3.48. The van der Waals surface area contributed by atoms with Crippen molar-refractivity contribution in [3.05, 3.63) is 47.2 Å². The smallest absolute Gasteiger partial charge is 0.314 e. The summed E-state index contributed by atoms with van der Waals surface area (Å²) in [6.45, 7) is 0. The Morgan fingerprint density at radius 1 is 0.938 bits per heavy atom. The molecule has 2 aliphatic rings. The Morgan fingerprint density at radius 2 is 1.62 bits per heavy atom. The predicted octanol–water partition coefficient (Wildman–Crippen LogP) is 4.81. The second-order valence-electron chi connectivity index (χ2n) is 7.80. The van der Waals surface area contributed by atoms with Gasteiger partial charge in [-0.2, -0.15) is 0 Å². The van der Waals surface area contributed by atoms with Gasteiger partial charge in [-0.25, -0.2) is 0 Å². The highest BCUT2D eigenvalue weighted by Gasteiger charge is 2.29. The van der Waals surface area contributed by atoms with Gasteiger partial charge in [-0.3, -0.25) is 9.59 Å². The van der Waals surface area contributed by atoms with Crippen LogP contribution in [0.1, 0.15) is 48.0 Å². The lowest BCUT2D eigenvalue weighted by molar-refractivity contribution is -0.139. The number of carbonyl (C=O) groups is 2. The minimum atomic E-state index is -0.262. The fourth-order valence-electron chi connectivity index (χ4n) is 4.08. The second-order valence-corrected chi connectivity index (χ2v) is 7.80. The Kier molecular flexibility index (Phi) is 6.35. The number of carbonyl (C=O) groups excluding carboxylic acids is 2. The lowest BCUT2D eigenvalue weighted by Crippen LogP contribution is -2.22. The highest BCUT2D eigenvalue weighted by Crippen LogP contribution is 2.39. The Balaban J connectivity index is 1.57. The number of benzene rings is 2. The van der Waals surface area contributed by atoms with E-state index in [0.29, 0.717) is 39.9 Å². The molecule has 2 aromatic rings. The van der Waals surface area contributed by atoms with Gasteiger partial charge in [-0.15, -0.1) is 0 Å². The van der Waals surface area contributed by atoms with Crippen molar-refractivity contribution in [3.8, 4) is 28.7 Å². The van der Waals surface area contributed by atoms with Gasteiger partial charge in [0.2, 0.25) is 5.78 Å². The average Bonchev–Trinajstić information content (AvgIpc) is 3.13. The number of esters is 1. The zero-order valence-corrected chi connectivity index (χ0v) is 18.4. The van der Waals surface area contributed by atoms with Crippen molar-refractivity contribution in [2.24, 2.45) is 5.92 Å². The van der Waals surface area contributed by atoms with E-state index in [1.165, 1.54) is 27.8 Å². The SMILES string of the molecule is COc1cc(OC)c(OC)cc1C=C1Oc2cc(OC(=O)C3CCCCC3)ccc2C1=O. The van der Waals surface area contributed by atoms with E-state index in [9.17, 15) is 9.59 Å². The van der Waals surface area contributed by atoms with Crippen LogP contribution in [0.2, 0.25) is 0 Å². The molecule has 7 heteroatoms. The molecule has 0 radical (unpaired) electrons. The summed E-state index contributed by atoms with van der Waals surface area (Å²) < 4.78 is 27.4. The van der Waals surface area contributed by atoms with Crippen LogP contribution in [0.4, 0.5) is 0 Å². The number of fused-ring (bicyclic) bond motifs is 1. The van der Waals surface area contributed by atoms with Crippen molar-refractivity contribution in [2.45, 2.75) is 32.1 Å². The summed E-state index contributed by atoms with van der Waals surface area (Å²) >= 11 is 0. The molecule has 1 aliphatic heterocycles. The van der Waals surface area contributed by atoms with E-state index in [1.54, 1.807) is 36.4 Å². The summed E-state index contributed by atoms with van der Waals surface area (Å²) in [5, 5.41) is 0. The van der Waals surface area contributed by atoms with Crippen LogP contribution in [0.25, 0.3) is 6.08 Å². The topological polar surface area (TPSA) is 80.3 Å². The molecule has 1 fully saturated rings. The zero-order valence-electron chi connectivity index (χ0n) is 18.4. The van der Waals surface area contributed by atoms with Crippen LogP contribution >= 0.6 is 0 Å². The van der Waals surface area contributed by atoms with Gasteiger partial charge in [0.15, 0.2) is 17.3 Å². The highest BCUT2D eigenvalue weighted by atomic mass is 16.5. The largest absolute Gasteiger partial charge is 0.496 e. The number of hydrogen-bond acceptors (Lipinski definition) is 7. The van der Waals surface area contributed by atoms with Crippen molar-refractivity contribution in [1.82, 2.24) is 0 Å². The number of hydrogen-bond donors (Lipinski definition) is 0. The summed E-state index contributed by atoms with van der Waals surface area (Å²) in [4.78, 5) is 25.3. The van der Waals surface area contributed by atoms with Crippen LogP contribution in [0.3, 0.4) is 0 Å². The molecule has 32 heavy (non-hydrogen) atoms. The minimum Gasteiger partial charge on any atom is -0.496 e. The van der Waals surface area contributed by atoms with Crippen LogP contribution in [0.5, 0.6) is 28.7 Å². The first-order valence-electron chi connectivity index (χ1n) is 10.6. The first kappa shape index (κ1) is 21.7. The molecule has 1 heterocycles. The molecular weight excluding hydrogens is 412 g/mol. The molecule has 7 nitrogen and oxygen atoms in total. The molecule has 168 valence electrons. The van der Waals surface area contributed by atoms with Gasteiger partial charge >= 0.3 is 5.97 Å². The Morgan fingerprint density at radius 3 is 2.31 bits per heavy atom. The van der Waals surface area contributed by atoms with Crippen molar-refractivity contribution in [2.75, 3.05) is 21.3 Å². The van der Waals surface area contributed by atoms with Gasteiger partial charge in [0, 0.05) is 17.7 Å². The third-order valence-corrected chi connectivity index (χ3v) is 5.82. The van der Waals surface area contributed by atoms with Crippen molar-refractivity contribution < 1.29 is 33.3 Å². The third-order valence-electron chi connectivity index (χ3n) is 5.82. The molecule has 0 atom stereocenters. The van der Waals surface area contributed by atoms with Crippen LogP contribution in [-0.2, 0) is 4.79 Å². The van der Waals surface area contributed by atoms with Gasteiger partial charge in [0.05, 0.1) is 32.8 Å². The quantitative estimate of drug-likeness (QED) is 0.364. The molecule has 1 aliphatic carbocycles. The maximum absolute atomic E-state index is 12.9. The Labute approximate surface area is 186 Å². The molecule has 4 rings (SSSR count). The second kappa shape index (κ2) is 9.34. The fourth-order valence-corrected chi connectivity index (χ4v) is 4.08. The van der Waals surface area contributed by atoms with E-state index in [1.807, 2.05) is 0 Å². The fraction of sp³-hybridized carbons (Fsp3) is 0.360. The average molecular weight is 438 g/mol. The summed E-state index contributed by atoms with van der Waals surface area (Å²) in [6.07, 6.45) is 6.58. The molecular formula is C25H26O7. The minimum absolute atomic E-state index is 0.0625. The van der Waals surface area contributed by atoms with Crippen molar-refractivity contribution >= 4 is 17.8 Å². The highest BCUT2D eigenvalue weighted by molar-refractivity contribution is 6.14. The predicted molar refractivity (Wildman–Crippen MR) is 118 cm³/mol. The van der Waals surface area contributed by atoms with E-state index in [-0.39, 0.29) is 23.4 Å². The number of methoxy groups -OCH3 is 3. The van der Waals surface area contributed by atoms with Crippen LogP contribution in [0.15, 0.2) is 36.1 Å². The van der Waals surface area contributed by atoms with E-state index >= 15 is 0 Å². The molecule has 0 bridgehead atoms. The zero-order chi connectivity index (χ0) is 22.7. The summed E-state index contributed by atoms with van der Waals surface area (Å²) in [5.41, 5.74) is 1.01. The summed E-state index contributed by atoms with van der Waals surface area (Å²) in [7, 11) is 4.60. The number of Topliss-reactive ketones (excluding diaryl/α,β-unsaturated/α-hetero) is 1. The number of ether oxygens (including phenoxy) is 5. The molecule has 0 amide bonds. The van der Waals surface area contributed by atoms with Gasteiger partial charge in [-0.1, -0.05) is 19.3 Å². The van der Waals surface area contributed by atoms with Crippen LogP contribution in [-0.4, -0.2) is 33.1 Å². The maximum atomic E-state index is 12.9. The van der Waals surface area contributed by atoms with E-state index in [2.05, 4.69) is 0 Å². The van der Waals surface area contributed by atoms with Gasteiger partial charge in [0.1, 0.15) is 17.2 Å². The lowest BCUT2D eigenvalue weighted by atomic mass is 9.89. The van der Waals surface area contributed by atoms with Gasteiger partial charge in [0.25, 0.3) is 0 Å². The van der Waals surface area contributed by atoms with Crippen LogP contribution in [0, 0.1) is 5.92 Å². The molecule has 0 aromatic heterocycles. The normalized spacial score (nSPS) is 17.0. The molecule has 0 spiro atoms. The maximum Gasteiger partial charge on any atom is 0.314 e. The number of rotatable bonds is 6. The summed E-state index contributed by atoms with van der Waals surface area (Å²) in [6, 6.07) is 8.22. The standard InChI is InChI=1S/C25H26O7/c1-28-19-14-22(30-3)21(29-2)11-16(19)12-23-24(26)18-10-9-17(13-20(18)32-23)31-25(27)15-7-5-4-6-8-15/h9-15H,4-8H2,1-3H3. The molecule has 2 aromatic carbocycles. The van der Waals surface area contributed by atoms with Crippen molar-refractivity contribution in [3.63, 3.8) is 0 Å². The monoisotopic (exact) mass is 438 g/mol. The Bertz CT molecular complexity index is 1060. The first-order chi connectivity index (χ1) is 15.5. The van der Waals surface area contributed by atoms with E-state index in [4.69, 9.17) is 23.7 Å². The van der Waals surface area contributed by atoms with Crippen LogP contribution < -0.4 is 23.7 Å². The van der Waals surface area contributed by atoms with E-state index in [0.717, 1.165) is 25.7 Å². The molecule has 0 saturated heterocycles. The lowest BCUT2D eigenvalue weighted by Gasteiger charge is -2.19. The first-order valence-corrected chi connectivity index (χ1v) is 10.6. The van der Waals surface area contributed by atoms with Crippen molar-refractivity contribution in [1.29, 1.82) is 0 Å². The number of allylic oxidation sites excluding steroid dienone is 1. The molecule has 1 saturated carbocycles. The molecule has 0 unspecified atom stereocenters. The number of ketones is 1. The summed E-state index contributed by atoms with van der Waals surface area (Å²) in [5.74, 6) is 1.84. The third kappa shape index (κ3) is 4.28. The van der Waals surface area contributed by atoms with E-state index < -0.39 is 0 Å². The van der Waals surface area contributed by atoms with Gasteiger partial charge < -0.3 is 23.7 Å². The van der Waals surface area contributed by atoms with Gasteiger partial charge in [-0.05, 0) is 37.1 Å².